The lowest BCUT2D eigenvalue weighted by Crippen LogP contribution is -2.54. The van der Waals surface area contributed by atoms with Crippen molar-refractivity contribution in [3.8, 4) is 0 Å². The summed E-state index contributed by atoms with van der Waals surface area (Å²) in [5, 5.41) is 15.4. The number of fused-ring (bicyclic) bond motifs is 1. The highest BCUT2D eigenvalue weighted by atomic mass is 35.5. The number of ether oxygens (including phenoxy) is 1. The molecule has 1 aromatic carbocycles. The fourth-order valence-electron chi connectivity index (χ4n) is 5.71. The Labute approximate surface area is 179 Å². The zero-order valence-electron chi connectivity index (χ0n) is 17.1. The zero-order chi connectivity index (χ0) is 21.8. The predicted molar refractivity (Wildman–Crippen MR) is 110 cm³/mol. The van der Waals surface area contributed by atoms with Gasteiger partial charge < -0.3 is 25.4 Å². The molecule has 3 amide bonds. The van der Waals surface area contributed by atoms with E-state index in [4.69, 9.17) is 16.3 Å². The van der Waals surface area contributed by atoms with Crippen LogP contribution in [0.2, 0.25) is 5.02 Å². The maximum Gasteiger partial charge on any atom is 0.250 e. The molecule has 30 heavy (non-hydrogen) atoms. The lowest BCUT2D eigenvalue weighted by atomic mass is 9.62. The lowest BCUT2D eigenvalue weighted by molar-refractivity contribution is -0.146. The number of likely N-dealkylation sites (tertiary alicyclic amines) is 1. The van der Waals surface area contributed by atoms with E-state index in [0.29, 0.717) is 17.1 Å². The molecule has 3 N–H and O–H groups in total. The van der Waals surface area contributed by atoms with Gasteiger partial charge in [0.05, 0.1) is 34.8 Å². The van der Waals surface area contributed by atoms with Crippen molar-refractivity contribution < 1.29 is 24.2 Å². The summed E-state index contributed by atoms with van der Waals surface area (Å²) in [5.41, 5.74) is -1.56. The number of benzene rings is 1. The highest BCUT2D eigenvalue weighted by Gasteiger charge is 2.79. The van der Waals surface area contributed by atoms with Gasteiger partial charge in [0.2, 0.25) is 17.7 Å². The van der Waals surface area contributed by atoms with Crippen LogP contribution in [0.4, 0.5) is 5.69 Å². The van der Waals surface area contributed by atoms with Crippen molar-refractivity contribution in [2.75, 3.05) is 25.5 Å². The van der Waals surface area contributed by atoms with Crippen LogP contribution < -0.4 is 10.6 Å². The summed E-state index contributed by atoms with van der Waals surface area (Å²) < 4.78 is 6.47. The molecule has 8 nitrogen and oxygen atoms in total. The molecule has 0 aromatic heterocycles. The van der Waals surface area contributed by atoms with Gasteiger partial charge in [-0.1, -0.05) is 30.7 Å². The van der Waals surface area contributed by atoms with Crippen molar-refractivity contribution in [2.45, 2.75) is 37.5 Å². The molecule has 6 atom stereocenters. The molecule has 3 saturated heterocycles. The number of rotatable bonds is 5. The van der Waals surface area contributed by atoms with Crippen molar-refractivity contribution in [1.29, 1.82) is 0 Å². The number of aliphatic hydroxyl groups excluding tert-OH is 1. The van der Waals surface area contributed by atoms with Gasteiger partial charge in [-0.05, 0) is 31.4 Å². The van der Waals surface area contributed by atoms with E-state index in [1.54, 1.807) is 24.3 Å². The Hall–Kier alpha value is -2.16. The maximum absolute atomic E-state index is 13.5. The summed E-state index contributed by atoms with van der Waals surface area (Å²) >= 11 is 6.20. The number of aliphatic hydroxyl groups is 1. The van der Waals surface area contributed by atoms with Crippen molar-refractivity contribution in [3.05, 3.63) is 29.3 Å². The highest BCUT2D eigenvalue weighted by Crippen LogP contribution is 2.65. The minimum atomic E-state index is -1.14. The molecule has 2 bridgehead atoms. The van der Waals surface area contributed by atoms with Crippen LogP contribution in [0, 0.1) is 17.8 Å². The van der Waals surface area contributed by atoms with Gasteiger partial charge in [0.1, 0.15) is 11.6 Å². The van der Waals surface area contributed by atoms with Crippen LogP contribution in [0.3, 0.4) is 0 Å². The Balaban J connectivity index is 1.78. The number of carbonyl (C=O) groups excluding carboxylic acids is 3. The number of carbonyl (C=O) groups is 3. The first-order valence-electron chi connectivity index (χ1n) is 10.1. The molecule has 3 fully saturated rings. The molecule has 0 radical (unpaired) electrons. The van der Waals surface area contributed by atoms with Crippen molar-refractivity contribution in [2.24, 2.45) is 17.8 Å². The largest absolute Gasteiger partial charge is 0.395 e. The van der Waals surface area contributed by atoms with Crippen molar-refractivity contribution in [1.82, 2.24) is 10.2 Å². The van der Waals surface area contributed by atoms with Gasteiger partial charge >= 0.3 is 0 Å². The third kappa shape index (κ3) is 2.70. The monoisotopic (exact) mass is 435 g/mol. The molecular formula is C21H26ClN3O5. The minimum Gasteiger partial charge on any atom is -0.395 e. The molecule has 4 rings (SSSR count). The minimum absolute atomic E-state index is 0.0212. The molecule has 0 aliphatic carbocycles. The van der Waals surface area contributed by atoms with Crippen LogP contribution >= 0.6 is 11.6 Å². The molecule has 1 spiro atoms. The van der Waals surface area contributed by atoms with E-state index in [0.717, 1.165) is 0 Å². The number of hydrogen-bond acceptors (Lipinski definition) is 5. The number of β-amino-alcohol motifs (C(OH)–C–C–N with tert-alkyl or cyclic N) is 1. The van der Waals surface area contributed by atoms with E-state index in [-0.39, 0.29) is 30.9 Å². The van der Waals surface area contributed by atoms with Gasteiger partial charge in [-0.2, -0.15) is 0 Å². The van der Waals surface area contributed by atoms with Crippen LogP contribution in [0.5, 0.6) is 0 Å². The summed E-state index contributed by atoms with van der Waals surface area (Å²) in [5.74, 6) is -2.59. The Kier molecular flexibility index (Phi) is 5.07. The summed E-state index contributed by atoms with van der Waals surface area (Å²) in [4.78, 5) is 41.0. The predicted octanol–water partition coefficient (Wildman–Crippen LogP) is 1.03. The Morgan fingerprint density at radius 3 is 2.67 bits per heavy atom. The number of nitrogens with zero attached hydrogens (tertiary/aromatic N) is 1. The summed E-state index contributed by atoms with van der Waals surface area (Å²) in [6.45, 7) is 3.49. The fraction of sp³-hybridized carbons (Fsp3) is 0.571. The quantitative estimate of drug-likeness (QED) is 0.640. The summed E-state index contributed by atoms with van der Waals surface area (Å²) in [7, 11) is 1.53. The van der Waals surface area contributed by atoms with Crippen LogP contribution in [-0.2, 0) is 19.1 Å². The smallest absolute Gasteiger partial charge is 0.250 e. The second kappa shape index (κ2) is 7.21. The van der Waals surface area contributed by atoms with E-state index in [1.165, 1.54) is 11.9 Å². The van der Waals surface area contributed by atoms with Gasteiger partial charge in [-0.25, -0.2) is 0 Å². The third-order valence-electron chi connectivity index (χ3n) is 7.06. The Bertz CT molecular complexity index is 910. The van der Waals surface area contributed by atoms with Crippen molar-refractivity contribution >= 4 is 35.0 Å². The summed E-state index contributed by atoms with van der Waals surface area (Å²) in [6, 6.07) is 5.86. The van der Waals surface area contributed by atoms with E-state index in [1.807, 2.05) is 13.8 Å². The average molecular weight is 436 g/mol. The Morgan fingerprint density at radius 2 is 2.03 bits per heavy atom. The lowest BCUT2D eigenvalue weighted by Gasteiger charge is -2.36. The number of halogens is 1. The third-order valence-corrected chi connectivity index (χ3v) is 7.39. The fourth-order valence-corrected chi connectivity index (χ4v) is 5.89. The first kappa shape index (κ1) is 21.1. The molecule has 0 saturated carbocycles. The molecule has 3 unspecified atom stereocenters. The summed E-state index contributed by atoms with van der Waals surface area (Å²) in [6.07, 6.45) is 0.468. The topological polar surface area (TPSA) is 108 Å². The number of para-hydroxylation sites is 1. The van der Waals surface area contributed by atoms with E-state index < -0.39 is 35.0 Å². The highest BCUT2D eigenvalue weighted by molar-refractivity contribution is 6.33. The number of anilines is 1. The molecule has 9 heteroatoms. The molecule has 162 valence electrons. The SMILES string of the molecule is CNC(=O)[C@H]1[C@H]2C(=O)N(CCO)C(C(=O)Nc3ccccc3Cl)C23CC(C)[C@]1(C)O3. The average Bonchev–Trinajstić information content (AvgIpc) is 3.21. The van der Waals surface area contributed by atoms with E-state index >= 15 is 0 Å². The van der Waals surface area contributed by atoms with Gasteiger partial charge in [0, 0.05) is 13.6 Å². The maximum atomic E-state index is 13.5. The zero-order valence-corrected chi connectivity index (χ0v) is 17.9. The number of hydrogen-bond donors (Lipinski definition) is 3. The molecule has 3 heterocycles. The van der Waals surface area contributed by atoms with Crippen LogP contribution in [0.15, 0.2) is 24.3 Å². The molecule has 3 aliphatic heterocycles. The van der Waals surface area contributed by atoms with Gasteiger partial charge in [0.25, 0.3) is 0 Å². The number of amides is 3. The van der Waals surface area contributed by atoms with Gasteiger partial charge in [0.15, 0.2) is 0 Å². The van der Waals surface area contributed by atoms with Crippen LogP contribution in [-0.4, -0.2) is 65.2 Å². The van der Waals surface area contributed by atoms with Crippen molar-refractivity contribution in [3.63, 3.8) is 0 Å². The van der Waals surface area contributed by atoms with E-state index in [9.17, 15) is 19.5 Å². The molecular weight excluding hydrogens is 410 g/mol. The second-order valence-electron chi connectivity index (χ2n) is 8.54. The van der Waals surface area contributed by atoms with E-state index in [2.05, 4.69) is 10.6 Å². The van der Waals surface area contributed by atoms with Crippen LogP contribution in [0.25, 0.3) is 0 Å². The second-order valence-corrected chi connectivity index (χ2v) is 8.95. The molecule has 1 aromatic rings. The van der Waals surface area contributed by atoms with Gasteiger partial charge in [-0.15, -0.1) is 0 Å². The number of nitrogens with one attached hydrogen (secondary N) is 2. The Morgan fingerprint density at radius 1 is 1.33 bits per heavy atom. The standard InChI is InChI=1S/C21H26ClN3O5/c1-11-10-21-15(14(17(27)23-3)20(11,2)30-21)19(29)25(8-9-26)16(21)18(28)24-13-7-5-4-6-12(13)22/h4-7,11,14-16,26H,8-10H2,1-3H3,(H,23,27)(H,24,28)/t11?,14-,15+,16?,20+,21?/m1/s1. The van der Waals surface area contributed by atoms with Crippen LogP contribution in [0.1, 0.15) is 20.3 Å². The normalized spacial score (nSPS) is 36.7. The first-order chi connectivity index (χ1) is 14.2. The first-order valence-corrected chi connectivity index (χ1v) is 10.5. The molecule has 3 aliphatic rings. The van der Waals surface area contributed by atoms with Gasteiger partial charge in [-0.3, -0.25) is 14.4 Å².